The number of halogens is 1. The van der Waals surface area contributed by atoms with Crippen LogP contribution in [0.4, 0.5) is 10.8 Å². The molecule has 0 bridgehead atoms. The number of nitrogens with zero attached hydrogens (tertiary/aromatic N) is 2. The predicted octanol–water partition coefficient (Wildman–Crippen LogP) is 3.36. The SMILES string of the molecule is COC(=O)c1sc(N(C)c2cccc(OC)c2)nc1Cl. The molecule has 0 radical (unpaired) electrons. The Morgan fingerprint density at radius 3 is 2.80 bits per heavy atom. The molecule has 0 fully saturated rings. The molecule has 1 aromatic heterocycles. The van der Waals surface area contributed by atoms with Crippen LogP contribution >= 0.6 is 22.9 Å². The second-order valence-corrected chi connectivity index (χ2v) is 5.20. The Kier molecular flexibility index (Phi) is 4.46. The third kappa shape index (κ3) is 2.86. The summed E-state index contributed by atoms with van der Waals surface area (Å²) in [4.78, 5) is 17.8. The van der Waals surface area contributed by atoms with Crippen molar-refractivity contribution in [3.05, 3.63) is 34.3 Å². The Bertz CT molecular complexity index is 630. The largest absolute Gasteiger partial charge is 0.497 e. The fourth-order valence-electron chi connectivity index (χ4n) is 1.58. The van der Waals surface area contributed by atoms with Crippen LogP contribution in [0, 0.1) is 0 Å². The molecule has 2 rings (SSSR count). The fraction of sp³-hybridized carbons (Fsp3) is 0.231. The summed E-state index contributed by atoms with van der Waals surface area (Å²) >= 11 is 7.13. The van der Waals surface area contributed by atoms with E-state index >= 15 is 0 Å². The quantitative estimate of drug-likeness (QED) is 0.810. The van der Waals surface area contributed by atoms with Crippen LogP contribution in [0.15, 0.2) is 24.3 Å². The number of rotatable bonds is 4. The third-order valence-corrected chi connectivity index (χ3v) is 4.17. The summed E-state index contributed by atoms with van der Waals surface area (Å²) in [5.74, 6) is 0.253. The van der Waals surface area contributed by atoms with Crippen LogP contribution in [-0.2, 0) is 4.74 Å². The van der Waals surface area contributed by atoms with E-state index in [0.717, 1.165) is 11.4 Å². The molecule has 0 aliphatic heterocycles. The minimum Gasteiger partial charge on any atom is -0.497 e. The van der Waals surface area contributed by atoms with Crippen molar-refractivity contribution in [3.63, 3.8) is 0 Å². The van der Waals surface area contributed by atoms with Gasteiger partial charge in [0, 0.05) is 18.8 Å². The number of hydrogen-bond donors (Lipinski definition) is 0. The summed E-state index contributed by atoms with van der Waals surface area (Å²) in [6, 6.07) is 7.51. The van der Waals surface area contributed by atoms with Gasteiger partial charge in [0.15, 0.2) is 15.2 Å². The van der Waals surface area contributed by atoms with Gasteiger partial charge in [-0.05, 0) is 12.1 Å². The maximum absolute atomic E-state index is 11.5. The fourth-order valence-corrected chi connectivity index (χ4v) is 2.76. The summed E-state index contributed by atoms with van der Waals surface area (Å²) in [5, 5.41) is 0.746. The van der Waals surface area contributed by atoms with Crippen LogP contribution in [0.3, 0.4) is 0 Å². The van der Waals surface area contributed by atoms with E-state index in [4.69, 9.17) is 16.3 Å². The van der Waals surface area contributed by atoms with Gasteiger partial charge >= 0.3 is 5.97 Å². The minimum absolute atomic E-state index is 0.145. The molecule has 0 N–H and O–H groups in total. The molecule has 0 amide bonds. The molecule has 1 heterocycles. The zero-order valence-electron chi connectivity index (χ0n) is 11.2. The molecule has 20 heavy (non-hydrogen) atoms. The molecule has 5 nitrogen and oxygen atoms in total. The minimum atomic E-state index is -0.488. The number of aromatic nitrogens is 1. The van der Waals surface area contributed by atoms with Crippen molar-refractivity contribution in [2.24, 2.45) is 0 Å². The van der Waals surface area contributed by atoms with E-state index in [-0.39, 0.29) is 5.15 Å². The summed E-state index contributed by atoms with van der Waals surface area (Å²) in [5.41, 5.74) is 0.881. The molecule has 0 aliphatic carbocycles. The van der Waals surface area contributed by atoms with Crippen LogP contribution in [0.1, 0.15) is 9.67 Å². The molecule has 106 valence electrons. The second-order valence-electron chi connectivity index (χ2n) is 3.87. The van der Waals surface area contributed by atoms with Crippen LogP contribution in [0.5, 0.6) is 5.75 Å². The maximum atomic E-state index is 11.5. The van der Waals surface area contributed by atoms with Crippen LogP contribution in [0.25, 0.3) is 0 Å². The van der Waals surface area contributed by atoms with E-state index in [1.807, 2.05) is 36.2 Å². The molecule has 2 aromatic rings. The highest BCUT2D eigenvalue weighted by molar-refractivity contribution is 7.18. The lowest BCUT2D eigenvalue weighted by molar-refractivity contribution is 0.0606. The Labute approximate surface area is 125 Å². The number of thiazole rings is 1. The number of benzene rings is 1. The van der Waals surface area contributed by atoms with Gasteiger partial charge in [0.05, 0.1) is 14.2 Å². The van der Waals surface area contributed by atoms with Crippen molar-refractivity contribution in [2.75, 3.05) is 26.2 Å². The number of methoxy groups -OCH3 is 2. The molecule has 0 spiro atoms. The molecule has 1 aromatic carbocycles. The van der Waals surface area contributed by atoms with Gasteiger partial charge in [-0.2, -0.15) is 0 Å². The zero-order chi connectivity index (χ0) is 14.7. The molecular formula is C13H13ClN2O3S. The standard InChI is InChI=1S/C13H13ClN2O3S/c1-16(8-5-4-6-9(7-8)18-2)13-15-11(14)10(20-13)12(17)19-3/h4-7H,1-3H3. The normalized spacial score (nSPS) is 10.2. The lowest BCUT2D eigenvalue weighted by atomic mass is 10.3. The van der Waals surface area contributed by atoms with E-state index in [9.17, 15) is 4.79 Å². The first kappa shape index (κ1) is 14.6. The van der Waals surface area contributed by atoms with Gasteiger partial charge in [-0.15, -0.1) is 0 Å². The number of hydrogen-bond acceptors (Lipinski definition) is 6. The summed E-state index contributed by atoms with van der Waals surface area (Å²) < 4.78 is 9.84. The Morgan fingerprint density at radius 2 is 2.15 bits per heavy atom. The van der Waals surface area contributed by atoms with Gasteiger partial charge < -0.3 is 14.4 Å². The van der Waals surface area contributed by atoms with Crippen molar-refractivity contribution < 1.29 is 14.3 Å². The van der Waals surface area contributed by atoms with Crippen molar-refractivity contribution in [1.29, 1.82) is 0 Å². The first-order valence-corrected chi connectivity index (χ1v) is 6.88. The van der Waals surface area contributed by atoms with Gasteiger partial charge in [-0.1, -0.05) is 29.0 Å². The molecule has 0 unspecified atom stereocenters. The van der Waals surface area contributed by atoms with E-state index < -0.39 is 5.97 Å². The lowest BCUT2D eigenvalue weighted by Crippen LogP contribution is -2.08. The highest BCUT2D eigenvalue weighted by Gasteiger charge is 2.19. The van der Waals surface area contributed by atoms with Crippen molar-refractivity contribution in [2.45, 2.75) is 0 Å². The first-order valence-electron chi connectivity index (χ1n) is 5.69. The average molecular weight is 313 g/mol. The van der Waals surface area contributed by atoms with Gasteiger partial charge in [0.2, 0.25) is 0 Å². The molecule has 7 heteroatoms. The summed E-state index contributed by atoms with van der Waals surface area (Å²) in [7, 11) is 4.75. The predicted molar refractivity (Wildman–Crippen MR) is 79.5 cm³/mol. The van der Waals surface area contributed by atoms with E-state index in [1.54, 1.807) is 7.11 Å². The smallest absolute Gasteiger partial charge is 0.351 e. The van der Waals surface area contributed by atoms with Gasteiger partial charge in [0.1, 0.15) is 5.75 Å². The van der Waals surface area contributed by atoms with Crippen molar-refractivity contribution in [3.8, 4) is 5.75 Å². The topological polar surface area (TPSA) is 51.7 Å². The van der Waals surface area contributed by atoms with Crippen LogP contribution in [-0.4, -0.2) is 32.2 Å². The maximum Gasteiger partial charge on any atom is 0.351 e. The van der Waals surface area contributed by atoms with E-state index in [2.05, 4.69) is 9.72 Å². The van der Waals surface area contributed by atoms with Crippen molar-refractivity contribution in [1.82, 2.24) is 4.98 Å². The van der Waals surface area contributed by atoms with E-state index in [1.165, 1.54) is 18.4 Å². The number of carbonyl (C=O) groups is 1. The van der Waals surface area contributed by atoms with E-state index in [0.29, 0.717) is 10.0 Å². The summed E-state index contributed by atoms with van der Waals surface area (Å²) in [6.07, 6.45) is 0. The highest BCUT2D eigenvalue weighted by Crippen LogP contribution is 2.34. The highest BCUT2D eigenvalue weighted by atomic mass is 35.5. The zero-order valence-corrected chi connectivity index (χ0v) is 12.8. The molecule has 0 saturated carbocycles. The van der Waals surface area contributed by atoms with Gasteiger partial charge in [-0.25, -0.2) is 9.78 Å². The second kappa shape index (κ2) is 6.11. The van der Waals surface area contributed by atoms with Crippen molar-refractivity contribution >= 4 is 39.7 Å². The third-order valence-electron chi connectivity index (χ3n) is 2.67. The number of anilines is 2. The lowest BCUT2D eigenvalue weighted by Gasteiger charge is -2.16. The van der Waals surface area contributed by atoms with Crippen LogP contribution < -0.4 is 9.64 Å². The van der Waals surface area contributed by atoms with Gasteiger partial charge in [-0.3, -0.25) is 0 Å². The molecule has 0 saturated heterocycles. The number of esters is 1. The van der Waals surface area contributed by atoms with Crippen LogP contribution in [0.2, 0.25) is 5.15 Å². The molecule has 0 aliphatic rings. The Balaban J connectivity index is 2.33. The average Bonchev–Trinajstić information content (AvgIpc) is 2.87. The molecular weight excluding hydrogens is 300 g/mol. The monoisotopic (exact) mass is 312 g/mol. The number of ether oxygens (including phenoxy) is 2. The Morgan fingerprint density at radius 1 is 1.40 bits per heavy atom. The van der Waals surface area contributed by atoms with Gasteiger partial charge in [0.25, 0.3) is 0 Å². The number of carbonyl (C=O) groups excluding carboxylic acids is 1. The Hall–Kier alpha value is -1.79. The first-order chi connectivity index (χ1) is 9.56. The summed E-state index contributed by atoms with van der Waals surface area (Å²) in [6.45, 7) is 0. The molecule has 0 atom stereocenters.